The van der Waals surface area contributed by atoms with E-state index in [0.717, 1.165) is 10.5 Å². The normalized spacial score (nSPS) is 19.5. The highest BCUT2D eigenvalue weighted by Gasteiger charge is 2.27. The summed E-state index contributed by atoms with van der Waals surface area (Å²) in [6.07, 6.45) is 6.51. The van der Waals surface area contributed by atoms with Gasteiger partial charge >= 0.3 is 0 Å². The van der Waals surface area contributed by atoms with Gasteiger partial charge in [0.2, 0.25) is 0 Å². The zero-order chi connectivity index (χ0) is 13.7. The average molecular weight is 325 g/mol. The number of rotatable bonds is 5. The van der Waals surface area contributed by atoms with Crippen LogP contribution in [0.5, 0.6) is 0 Å². The summed E-state index contributed by atoms with van der Waals surface area (Å²) >= 11 is 3.51. The zero-order valence-electron chi connectivity index (χ0n) is 12.1. The molecule has 1 aliphatic rings. The molecule has 0 saturated carbocycles. The number of unbranched alkanes of at least 4 members (excludes halogenated alkanes) is 1. The first kappa shape index (κ1) is 15.0. The molecule has 2 rings (SSSR count). The lowest BCUT2D eigenvalue weighted by atomic mass is 9.79. The molecule has 1 unspecified atom stereocenters. The Balaban J connectivity index is 2.11. The van der Waals surface area contributed by atoms with Gasteiger partial charge in [-0.3, -0.25) is 0 Å². The molecule has 1 fully saturated rings. The third-order valence-corrected chi connectivity index (χ3v) is 4.76. The first-order chi connectivity index (χ1) is 9.20. The van der Waals surface area contributed by atoms with Gasteiger partial charge in [-0.15, -0.1) is 0 Å². The third-order valence-electron chi connectivity index (χ3n) is 4.32. The smallest absolute Gasteiger partial charge is 0.106 e. The van der Waals surface area contributed by atoms with Crippen LogP contribution in [0.2, 0.25) is 0 Å². The number of piperidine rings is 1. The molecule has 1 aromatic rings. The zero-order valence-corrected chi connectivity index (χ0v) is 13.7. The van der Waals surface area contributed by atoms with E-state index in [-0.39, 0.29) is 0 Å². The topological polar surface area (TPSA) is 16.1 Å². The lowest BCUT2D eigenvalue weighted by molar-refractivity contribution is 0.191. The second-order valence-electron chi connectivity index (χ2n) is 5.77. The molecule has 0 spiro atoms. The summed E-state index contributed by atoms with van der Waals surface area (Å²) in [7, 11) is 2.23. The molecule has 1 saturated heterocycles. The van der Waals surface area contributed by atoms with Crippen LogP contribution in [0, 0.1) is 5.92 Å². The Morgan fingerprint density at radius 3 is 2.74 bits per heavy atom. The van der Waals surface area contributed by atoms with Crippen molar-refractivity contribution in [1.82, 2.24) is 9.88 Å². The maximum absolute atomic E-state index is 4.72. The van der Waals surface area contributed by atoms with Crippen molar-refractivity contribution < 1.29 is 0 Å². The van der Waals surface area contributed by atoms with Crippen LogP contribution in [-0.2, 0) is 0 Å². The molecular formula is C16H25BrN2. The number of aromatic nitrogens is 1. The predicted octanol–water partition coefficient (Wildman–Crippen LogP) is 4.46. The molecule has 1 atom stereocenters. The lowest BCUT2D eigenvalue weighted by Crippen LogP contribution is -2.33. The van der Waals surface area contributed by atoms with E-state index in [2.05, 4.69) is 46.9 Å². The molecule has 0 aliphatic carbocycles. The lowest BCUT2D eigenvalue weighted by Gasteiger charge is -2.34. The quantitative estimate of drug-likeness (QED) is 0.743. The van der Waals surface area contributed by atoms with Gasteiger partial charge in [-0.1, -0.05) is 25.8 Å². The molecule has 1 aromatic heterocycles. The van der Waals surface area contributed by atoms with Gasteiger partial charge in [-0.05, 0) is 73.4 Å². The summed E-state index contributed by atoms with van der Waals surface area (Å²) in [6.45, 7) is 4.75. The second kappa shape index (κ2) is 7.39. The van der Waals surface area contributed by atoms with E-state index in [9.17, 15) is 0 Å². The maximum Gasteiger partial charge on any atom is 0.106 e. The van der Waals surface area contributed by atoms with E-state index in [4.69, 9.17) is 4.98 Å². The molecule has 0 bridgehead atoms. The minimum Gasteiger partial charge on any atom is -0.306 e. The van der Waals surface area contributed by atoms with E-state index in [1.165, 1.54) is 50.9 Å². The van der Waals surface area contributed by atoms with Crippen molar-refractivity contribution >= 4 is 15.9 Å². The van der Waals surface area contributed by atoms with Crippen LogP contribution in [0.3, 0.4) is 0 Å². The van der Waals surface area contributed by atoms with Crippen LogP contribution in [0.25, 0.3) is 0 Å². The van der Waals surface area contributed by atoms with Crippen LogP contribution in [0.4, 0.5) is 0 Å². The predicted molar refractivity (Wildman–Crippen MR) is 84.4 cm³/mol. The molecule has 19 heavy (non-hydrogen) atoms. The van der Waals surface area contributed by atoms with Crippen molar-refractivity contribution in [2.45, 2.75) is 44.9 Å². The van der Waals surface area contributed by atoms with E-state index >= 15 is 0 Å². The Bertz CT molecular complexity index is 386. The Morgan fingerprint density at radius 2 is 2.11 bits per heavy atom. The van der Waals surface area contributed by atoms with Crippen LogP contribution in [0.15, 0.2) is 22.8 Å². The highest BCUT2D eigenvalue weighted by molar-refractivity contribution is 9.10. The van der Waals surface area contributed by atoms with Crippen LogP contribution >= 0.6 is 15.9 Å². The SMILES string of the molecule is CCCCC(c1cccc(Br)n1)C1CCN(C)CC1. The van der Waals surface area contributed by atoms with Gasteiger partial charge in [0.1, 0.15) is 4.60 Å². The average Bonchev–Trinajstić information content (AvgIpc) is 2.41. The Hall–Kier alpha value is -0.410. The molecule has 0 amide bonds. The number of pyridine rings is 1. The minimum atomic E-state index is 0.645. The molecule has 106 valence electrons. The molecule has 3 heteroatoms. The number of hydrogen-bond acceptors (Lipinski definition) is 2. The first-order valence-electron chi connectivity index (χ1n) is 7.51. The Kier molecular flexibility index (Phi) is 5.83. The standard InChI is InChI=1S/C16H25BrN2/c1-3-4-6-14(13-9-11-19(2)12-10-13)15-7-5-8-16(17)18-15/h5,7-8,13-14H,3-4,6,9-12H2,1-2H3. The van der Waals surface area contributed by atoms with Crippen molar-refractivity contribution in [1.29, 1.82) is 0 Å². The third kappa shape index (κ3) is 4.28. The highest BCUT2D eigenvalue weighted by atomic mass is 79.9. The van der Waals surface area contributed by atoms with E-state index < -0.39 is 0 Å². The fourth-order valence-electron chi connectivity index (χ4n) is 3.11. The van der Waals surface area contributed by atoms with Gasteiger partial charge in [-0.2, -0.15) is 0 Å². The van der Waals surface area contributed by atoms with Crippen LogP contribution < -0.4 is 0 Å². The number of hydrogen-bond donors (Lipinski definition) is 0. The van der Waals surface area contributed by atoms with E-state index in [0.29, 0.717) is 5.92 Å². The Labute approximate surface area is 125 Å². The van der Waals surface area contributed by atoms with Crippen molar-refractivity contribution in [2.24, 2.45) is 5.92 Å². The summed E-state index contributed by atoms with van der Waals surface area (Å²) in [5, 5.41) is 0. The monoisotopic (exact) mass is 324 g/mol. The van der Waals surface area contributed by atoms with Crippen LogP contribution in [0.1, 0.15) is 50.6 Å². The highest BCUT2D eigenvalue weighted by Crippen LogP contribution is 2.35. The molecular weight excluding hydrogens is 300 g/mol. The maximum atomic E-state index is 4.72. The van der Waals surface area contributed by atoms with Crippen molar-refractivity contribution in [2.75, 3.05) is 20.1 Å². The van der Waals surface area contributed by atoms with Gasteiger partial charge in [0, 0.05) is 11.6 Å². The molecule has 0 aromatic carbocycles. The fourth-order valence-corrected chi connectivity index (χ4v) is 3.47. The molecule has 2 heterocycles. The molecule has 1 aliphatic heterocycles. The largest absolute Gasteiger partial charge is 0.306 e. The van der Waals surface area contributed by atoms with Crippen molar-refractivity contribution in [3.05, 3.63) is 28.5 Å². The number of nitrogens with zero attached hydrogens (tertiary/aromatic N) is 2. The summed E-state index contributed by atoms with van der Waals surface area (Å²) in [6, 6.07) is 6.36. The summed E-state index contributed by atoms with van der Waals surface area (Å²) in [4.78, 5) is 7.17. The second-order valence-corrected chi connectivity index (χ2v) is 6.59. The van der Waals surface area contributed by atoms with Crippen LogP contribution in [-0.4, -0.2) is 30.0 Å². The van der Waals surface area contributed by atoms with Crippen molar-refractivity contribution in [3.8, 4) is 0 Å². The summed E-state index contributed by atoms with van der Waals surface area (Å²) in [5.41, 5.74) is 1.29. The van der Waals surface area contributed by atoms with Gasteiger partial charge in [0.15, 0.2) is 0 Å². The molecule has 0 radical (unpaired) electrons. The number of likely N-dealkylation sites (tertiary alicyclic amines) is 1. The molecule has 2 nitrogen and oxygen atoms in total. The van der Waals surface area contributed by atoms with Gasteiger partial charge in [0.05, 0.1) is 0 Å². The minimum absolute atomic E-state index is 0.645. The van der Waals surface area contributed by atoms with Crippen molar-refractivity contribution in [3.63, 3.8) is 0 Å². The summed E-state index contributed by atoms with van der Waals surface area (Å²) in [5.74, 6) is 1.45. The van der Waals surface area contributed by atoms with E-state index in [1.807, 2.05) is 6.07 Å². The van der Waals surface area contributed by atoms with Gasteiger partial charge < -0.3 is 4.90 Å². The summed E-state index contributed by atoms with van der Waals surface area (Å²) < 4.78 is 0.972. The first-order valence-corrected chi connectivity index (χ1v) is 8.31. The molecule has 0 N–H and O–H groups in total. The number of halogens is 1. The Morgan fingerprint density at radius 1 is 1.37 bits per heavy atom. The fraction of sp³-hybridized carbons (Fsp3) is 0.688. The van der Waals surface area contributed by atoms with Gasteiger partial charge in [-0.25, -0.2) is 4.98 Å². The van der Waals surface area contributed by atoms with E-state index in [1.54, 1.807) is 0 Å². The van der Waals surface area contributed by atoms with Gasteiger partial charge in [0.25, 0.3) is 0 Å².